The molecule has 2 N–H and O–H groups in total. The van der Waals surface area contributed by atoms with Crippen LogP contribution in [0.1, 0.15) is 31.2 Å². The molecule has 2 rings (SSSR count). The Morgan fingerprint density at radius 3 is 2.44 bits per heavy atom. The molecule has 1 aromatic carbocycles. The Labute approximate surface area is 95.2 Å². The summed E-state index contributed by atoms with van der Waals surface area (Å²) in [6.07, 6.45) is 1.75. The average molecular weight is 216 g/mol. The number of aromatic amines is 1. The minimum atomic E-state index is -0.0515. The Hall–Kier alpha value is -1.61. The summed E-state index contributed by atoms with van der Waals surface area (Å²) in [4.78, 5) is 7.13. The molecule has 1 aromatic heterocycles. The van der Waals surface area contributed by atoms with Gasteiger partial charge in [-0.25, -0.2) is 4.98 Å². The predicted octanol–water partition coefficient (Wildman–Crippen LogP) is 2.69. The number of rotatable bonds is 3. The molecule has 16 heavy (non-hydrogen) atoms. The van der Waals surface area contributed by atoms with E-state index in [1.165, 1.54) is 5.56 Å². The van der Waals surface area contributed by atoms with Crippen molar-refractivity contribution in [3.8, 4) is 11.3 Å². The normalized spacial score (nSPS) is 11.0. The number of hydrogen-bond donors (Lipinski definition) is 2. The Morgan fingerprint density at radius 1 is 1.25 bits per heavy atom. The minimum absolute atomic E-state index is 0.0515. The van der Waals surface area contributed by atoms with Crippen LogP contribution in [-0.4, -0.2) is 15.1 Å². The summed E-state index contributed by atoms with van der Waals surface area (Å²) in [5.41, 5.74) is 3.36. The maximum absolute atomic E-state index is 8.92. The molecule has 0 aliphatic rings. The fourth-order valence-electron chi connectivity index (χ4n) is 1.64. The highest BCUT2D eigenvalue weighted by atomic mass is 16.3. The van der Waals surface area contributed by atoms with Gasteiger partial charge in [0.1, 0.15) is 12.4 Å². The van der Waals surface area contributed by atoms with E-state index in [4.69, 9.17) is 5.11 Å². The summed E-state index contributed by atoms with van der Waals surface area (Å²) in [6.45, 7) is 4.30. The van der Waals surface area contributed by atoms with E-state index in [9.17, 15) is 0 Å². The molecule has 0 saturated carbocycles. The maximum atomic E-state index is 8.92. The zero-order valence-corrected chi connectivity index (χ0v) is 9.57. The second-order valence-corrected chi connectivity index (χ2v) is 4.18. The second kappa shape index (κ2) is 4.49. The predicted molar refractivity (Wildman–Crippen MR) is 64.0 cm³/mol. The standard InChI is InChI=1S/C13H16N2O/c1-9(2)10-3-5-11(6-4-10)12-7-14-13(8-16)15-12/h3-7,9,16H,8H2,1-2H3,(H,14,15). The monoisotopic (exact) mass is 216 g/mol. The summed E-state index contributed by atoms with van der Waals surface area (Å²) >= 11 is 0. The van der Waals surface area contributed by atoms with Gasteiger partial charge in [-0.15, -0.1) is 0 Å². The zero-order chi connectivity index (χ0) is 11.5. The van der Waals surface area contributed by atoms with E-state index in [-0.39, 0.29) is 6.61 Å². The van der Waals surface area contributed by atoms with Crippen LogP contribution in [0, 0.1) is 0 Å². The van der Waals surface area contributed by atoms with Gasteiger partial charge in [0, 0.05) is 0 Å². The van der Waals surface area contributed by atoms with Crippen LogP contribution in [0.15, 0.2) is 30.5 Å². The summed E-state index contributed by atoms with van der Waals surface area (Å²) in [5.74, 6) is 1.15. The Kier molecular flexibility index (Phi) is 3.06. The molecule has 0 unspecified atom stereocenters. The average Bonchev–Trinajstić information content (AvgIpc) is 2.77. The first-order valence-electron chi connectivity index (χ1n) is 5.46. The number of aromatic nitrogens is 2. The molecular formula is C13H16N2O. The van der Waals surface area contributed by atoms with Gasteiger partial charge >= 0.3 is 0 Å². The van der Waals surface area contributed by atoms with E-state index < -0.39 is 0 Å². The number of nitrogens with zero attached hydrogens (tertiary/aromatic N) is 1. The highest BCUT2D eigenvalue weighted by Gasteiger charge is 2.03. The molecule has 84 valence electrons. The molecule has 0 fully saturated rings. The molecule has 0 spiro atoms. The van der Waals surface area contributed by atoms with Crippen LogP contribution < -0.4 is 0 Å². The first kappa shape index (κ1) is 10.9. The van der Waals surface area contributed by atoms with E-state index in [1.807, 2.05) is 0 Å². The van der Waals surface area contributed by atoms with Crippen molar-refractivity contribution in [2.45, 2.75) is 26.4 Å². The Bertz CT molecular complexity index is 457. The van der Waals surface area contributed by atoms with Crippen molar-refractivity contribution in [2.75, 3.05) is 0 Å². The number of benzene rings is 1. The van der Waals surface area contributed by atoms with E-state index in [0.29, 0.717) is 11.7 Å². The lowest BCUT2D eigenvalue weighted by atomic mass is 10.0. The Morgan fingerprint density at radius 2 is 1.94 bits per heavy atom. The molecule has 0 saturated heterocycles. The van der Waals surface area contributed by atoms with Crippen molar-refractivity contribution >= 4 is 0 Å². The first-order chi connectivity index (χ1) is 7.70. The molecule has 0 atom stereocenters. The van der Waals surface area contributed by atoms with Crippen LogP contribution in [0.5, 0.6) is 0 Å². The van der Waals surface area contributed by atoms with Gasteiger partial charge in [0.2, 0.25) is 0 Å². The molecule has 0 aliphatic carbocycles. The van der Waals surface area contributed by atoms with Gasteiger partial charge < -0.3 is 10.1 Å². The molecule has 2 aromatic rings. The van der Waals surface area contributed by atoms with Gasteiger partial charge in [0.15, 0.2) is 0 Å². The zero-order valence-electron chi connectivity index (χ0n) is 9.57. The first-order valence-corrected chi connectivity index (χ1v) is 5.46. The van der Waals surface area contributed by atoms with Crippen LogP contribution in [0.3, 0.4) is 0 Å². The fraction of sp³-hybridized carbons (Fsp3) is 0.308. The van der Waals surface area contributed by atoms with Crippen LogP contribution in [0.4, 0.5) is 0 Å². The molecule has 0 amide bonds. The van der Waals surface area contributed by atoms with Crippen molar-refractivity contribution < 1.29 is 5.11 Å². The summed E-state index contributed by atoms with van der Waals surface area (Å²) in [6, 6.07) is 8.40. The van der Waals surface area contributed by atoms with Crippen molar-refractivity contribution in [2.24, 2.45) is 0 Å². The topological polar surface area (TPSA) is 48.9 Å². The SMILES string of the molecule is CC(C)c1ccc(-c2cnc(CO)[nH]2)cc1. The number of aliphatic hydroxyl groups excluding tert-OH is 1. The van der Waals surface area contributed by atoms with Gasteiger partial charge in [-0.2, -0.15) is 0 Å². The van der Waals surface area contributed by atoms with Gasteiger partial charge in [-0.1, -0.05) is 38.1 Å². The number of nitrogens with one attached hydrogen (secondary N) is 1. The summed E-state index contributed by atoms with van der Waals surface area (Å²) in [7, 11) is 0. The molecule has 0 radical (unpaired) electrons. The van der Waals surface area contributed by atoms with Crippen molar-refractivity contribution in [1.82, 2.24) is 9.97 Å². The lowest BCUT2D eigenvalue weighted by molar-refractivity contribution is 0.272. The molecule has 0 aliphatic heterocycles. The van der Waals surface area contributed by atoms with Crippen molar-refractivity contribution in [3.63, 3.8) is 0 Å². The van der Waals surface area contributed by atoms with Gasteiger partial charge in [-0.3, -0.25) is 0 Å². The van der Waals surface area contributed by atoms with Crippen LogP contribution in [0.2, 0.25) is 0 Å². The lowest BCUT2D eigenvalue weighted by Gasteiger charge is -2.05. The Balaban J connectivity index is 2.27. The van der Waals surface area contributed by atoms with Crippen LogP contribution >= 0.6 is 0 Å². The number of hydrogen-bond acceptors (Lipinski definition) is 2. The minimum Gasteiger partial charge on any atom is -0.388 e. The van der Waals surface area contributed by atoms with Crippen LogP contribution in [0.25, 0.3) is 11.3 Å². The van der Waals surface area contributed by atoms with E-state index in [2.05, 4.69) is 48.1 Å². The van der Waals surface area contributed by atoms with Gasteiger partial charge in [-0.05, 0) is 17.0 Å². The third-order valence-corrected chi connectivity index (χ3v) is 2.67. The largest absolute Gasteiger partial charge is 0.388 e. The summed E-state index contributed by atoms with van der Waals surface area (Å²) in [5, 5.41) is 8.92. The number of H-pyrrole nitrogens is 1. The molecule has 3 heteroatoms. The lowest BCUT2D eigenvalue weighted by Crippen LogP contribution is -1.87. The third kappa shape index (κ3) is 2.14. The van der Waals surface area contributed by atoms with E-state index in [1.54, 1.807) is 6.20 Å². The second-order valence-electron chi connectivity index (χ2n) is 4.18. The van der Waals surface area contributed by atoms with Gasteiger partial charge in [0.25, 0.3) is 0 Å². The highest BCUT2D eigenvalue weighted by molar-refractivity contribution is 5.58. The smallest absolute Gasteiger partial charge is 0.132 e. The molecular weight excluding hydrogens is 200 g/mol. The van der Waals surface area contributed by atoms with Crippen LogP contribution in [-0.2, 0) is 6.61 Å². The quantitative estimate of drug-likeness (QED) is 0.828. The van der Waals surface area contributed by atoms with E-state index in [0.717, 1.165) is 11.3 Å². The number of imidazole rings is 1. The highest BCUT2D eigenvalue weighted by Crippen LogP contribution is 2.21. The molecule has 1 heterocycles. The summed E-state index contributed by atoms with van der Waals surface area (Å²) < 4.78 is 0. The van der Waals surface area contributed by atoms with Gasteiger partial charge in [0.05, 0.1) is 11.9 Å². The van der Waals surface area contributed by atoms with E-state index >= 15 is 0 Å². The fourth-order valence-corrected chi connectivity index (χ4v) is 1.64. The maximum Gasteiger partial charge on any atom is 0.132 e. The third-order valence-electron chi connectivity index (χ3n) is 2.67. The molecule has 3 nitrogen and oxygen atoms in total. The van der Waals surface area contributed by atoms with Crippen molar-refractivity contribution in [1.29, 1.82) is 0 Å². The van der Waals surface area contributed by atoms with Crippen molar-refractivity contribution in [3.05, 3.63) is 41.9 Å². The molecule has 0 bridgehead atoms. The number of aliphatic hydroxyl groups is 1.